The third-order valence-corrected chi connectivity index (χ3v) is 7.41. The van der Waals surface area contributed by atoms with E-state index in [4.69, 9.17) is 28.4 Å². The number of esters is 2. The van der Waals surface area contributed by atoms with E-state index in [1.165, 1.54) is 32.8 Å². The lowest BCUT2D eigenvalue weighted by Gasteiger charge is -2.40. The molecule has 0 spiro atoms. The van der Waals surface area contributed by atoms with Gasteiger partial charge in [-0.25, -0.2) is 9.59 Å². The topological polar surface area (TPSA) is 89.5 Å². The first kappa shape index (κ1) is 33.5. The minimum absolute atomic E-state index is 0.0809. The smallest absolute Gasteiger partial charge is 0.338 e. The Morgan fingerprint density at radius 1 is 1.02 bits per heavy atom. The van der Waals surface area contributed by atoms with Crippen molar-refractivity contribution in [1.29, 1.82) is 0 Å². The number of unbranched alkanes of at least 4 members (excludes halogenated alkanes) is 3. The molecule has 230 valence electrons. The lowest BCUT2D eigenvalue weighted by molar-refractivity contribution is -0.195. The van der Waals surface area contributed by atoms with Crippen LogP contribution in [-0.2, 0) is 33.3 Å². The molecule has 1 heterocycles. The van der Waals surface area contributed by atoms with Gasteiger partial charge in [0.2, 0.25) is 0 Å². The van der Waals surface area contributed by atoms with E-state index in [0.717, 1.165) is 23.1 Å². The highest BCUT2D eigenvalue weighted by atomic mass is 16.7. The van der Waals surface area contributed by atoms with Crippen LogP contribution in [0, 0.1) is 5.92 Å². The first-order valence-corrected chi connectivity index (χ1v) is 14.8. The van der Waals surface area contributed by atoms with Crippen LogP contribution < -0.4 is 4.74 Å². The summed E-state index contributed by atoms with van der Waals surface area (Å²) in [4.78, 5) is 24.0. The van der Waals surface area contributed by atoms with Crippen LogP contribution >= 0.6 is 0 Å². The number of hydrogen-bond donors (Lipinski definition) is 0. The van der Waals surface area contributed by atoms with Crippen LogP contribution in [0.3, 0.4) is 0 Å². The van der Waals surface area contributed by atoms with Gasteiger partial charge in [0.25, 0.3) is 0 Å². The Morgan fingerprint density at radius 3 is 2.38 bits per heavy atom. The molecule has 0 aromatic heterocycles. The molecule has 1 aromatic rings. The maximum atomic E-state index is 12.1. The Morgan fingerprint density at radius 2 is 1.74 bits per heavy atom. The standard InChI is InChI=1S/C34H46O8/c1-7-8-9-10-11-26-22-39-33(40-23-26)30-20-28(27-12-14-29(15-13-27)42-31(35)24(2)3)16-17-34(30,5)41-19-18-38-32(36)25(4)21-37-6/h12-16,20,26,33H,2,4,7-11,17-19,21-23H2,1,3,5-6H3. The highest BCUT2D eigenvalue weighted by Crippen LogP contribution is 2.39. The van der Waals surface area contributed by atoms with Crippen molar-refractivity contribution in [2.24, 2.45) is 5.92 Å². The van der Waals surface area contributed by atoms with Crippen molar-refractivity contribution in [3.8, 4) is 5.75 Å². The fourth-order valence-electron chi connectivity index (χ4n) is 4.86. The zero-order chi connectivity index (χ0) is 30.5. The number of carbonyl (C=O) groups excluding carboxylic acids is 2. The van der Waals surface area contributed by atoms with Gasteiger partial charge < -0.3 is 28.4 Å². The normalized spacial score (nSPS) is 22.1. The maximum Gasteiger partial charge on any atom is 0.338 e. The van der Waals surface area contributed by atoms with E-state index >= 15 is 0 Å². The van der Waals surface area contributed by atoms with Gasteiger partial charge in [-0.3, -0.25) is 0 Å². The highest BCUT2D eigenvalue weighted by Gasteiger charge is 2.39. The van der Waals surface area contributed by atoms with Crippen molar-refractivity contribution >= 4 is 17.5 Å². The van der Waals surface area contributed by atoms with Crippen molar-refractivity contribution in [2.45, 2.75) is 71.2 Å². The van der Waals surface area contributed by atoms with Crippen LogP contribution in [0.5, 0.6) is 5.75 Å². The van der Waals surface area contributed by atoms with Crippen LogP contribution in [0.1, 0.15) is 64.9 Å². The molecule has 1 fully saturated rings. The van der Waals surface area contributed by atoms with Crippen LogP contribution in [0.15, 0.2) is 66.3 Å². The van der Waals surface area contributed by atoms with Gasteiger partial charge in [-0.15, -0.1) is 0 Å². The number of carbonyl (C=O) groups is 2. The molecule has 1 aliphatic carbocycles. The molecule has 8 heteroatoms. The Labute approximate surface area is 250 Å². The zero-order valence-electron chi connectivity index (χ0n) is 25.6. The van der Waals surface area contributed by atoms with Crippen molar-refractivity contribution in [1.82, 2.24) is 0 Å². The zero-order valence-corrected chi connectivity index (χ0v) is 25.6. The molecule has 0 radical (unpaired) electrons. The molecule has 1 aromatic carbocycles. The number of hydrogen-bond acceptors (Lipinski definition) is 8. The van der Waals surface area contributed by atoms with E-state index in [2.05, 4.69) is 32.2 Å². The molecule has 42 heavy (non-hydrogen) atoms. The number of benzene rings is 1. The fraction of sp³-hybridized carbons (Fsp3) is 0.529. The summed E-state index contributed by atoms with van der Waals surface area (Å²) in [7, 11) is 1.50. The molecule has 1 saturated heterocycles. The third kappa shape index (κ3) is 9.76. The maximum absolute atomic E-state index is 12.1. The average Bonchev–Trinajstić information content (AvgIpc) is 2.98. The van der Waals surface area contributed by atoms with E-state index in [0.29, 0.717) is 36.9 Å². The second-order valence-corrected chi connectivity index (χ2v) is 11.1. The van der Waals surface area contributed by atoms with Crippen LogP contribution in [0.2, 0.25) is 0 Å². The monoisotopic (exact) mass is 582 g/mol. The summed E-state index contributed by atoms with van der Waals surface area (Å²) in [5, 5.41) is 0. The quantitative estimate of drug-likeness (QED) is 0.0963. The Balaban J connectivity index is 1.71. The second kappa shape index (κ2) is 16.6. The summed E-state index contributed by atoms with van der Waals surface area (Å²) >= 11 is 0. The van der Waals surface area contributed by atoms with Crippen molar-refractivity contribution in [3.63, 3.8) is 0 Å². The predicted molar refractivity (Wildman–Crippen MR) is 162 cm³/mol. The van der Waals surface area contributed by atoms with Gasteiger partial charge in [0, 0.05) is 24.2 Å². The molecule has 0 saturated carbocycles. The Bertz CT molecular complexity index is 1140. The van der Waals surface area contributed by atoms with Gasteiger partial charge in [-0.1, -0.05) is 64.0 Å². The molecular formula is C34H46O8. The van der Waals surface area contributed by atoms with Crippen LogP contribution in [0.25, 0.3) is 5.57 Å². The van der Waals surface area contributed by atoms with E-state index in [9.17, 15) is 9.59 Å². The lowest BCUT2D eigenvalue weighted by atomic mass is 9.82. The molecule has 1 unspecified atom stereocenters. The van der Waals surface area contributed by atoms with E-state index in [1.54, 1.807) is 19.1 Å². The van der Waals surface area contributed by atoms with Gasteiger partial charge in [-0.2, -0.15) is 0 Å². The molecule has 1 atom stereocenters. The summed E-state index contributed by atoms with van der Waals surface area (Å²) in [6, 6.07) is 7.34. The number of methoxy groups -OCH3 is 1. The second-order valence-electron chi connectivity index (χ2n) is 11.1. The molecular weight excluding hydrogens is 536 g/mol. The lowest BCUT2D eigenvalue weighted by Crippen LogP contribution is -2.44. The number of rotatable bonds is 16. The van der Waals surface area contributed by atoms with E-state index < -0.39 is 23.8 Å². The average molecular weight is 583 g/mol. The highest BCUT2D eigenvalue weighted by molar-refractivity contribution is 5.89. The fourth-order valence-corrected chi connectivity index (χ4v) is 4.86. The number of ether oxygens (including phenoxy) is 6. The summed E-state index contributed by atoms with van der Waals surface area (Å²) in [5.41, 5.74) is 2.68. The molecule has 0 amide bonds. The van der Waals surface area contributed by atoms with E-state index in [-0.39, 0.29) is 25.4 Å². The predicted octanol–water partition coefficient (Wildman–Crippen LogP) is 6.36. The third-order valence-electron chi connectivity index (χ3n) is 7.41. The van der Waals surface area contributed by atoms with Gasteiger partial charge in [0.05, 0.1) is 37.6 Å². The molecule has 8 nitrogen and oxygen atoms in total. The van der Waals surface area contributed by atoms with Crippen LogP contribution in [-0.4, -0.2) is 64.0 Å². The summed E-state index contributed by atoms with van der Waals surface area (Å²) < 4.78 is 34.5. The van der Waals surface area contributed by atoms with Crippen molar-refractivity contribution < 1.29 is 38.0 Å². The van der Waals surface area contributed by atoms with Gasteiger partial charge in [-0.05, 0) is 56.0 Å². The summed E-state index contributed by atoms with van der Waals surface area (Å²) in [5.74, 6) is -0.141. The summed E-state index contributed by atoms with van der Waals surface area (Å²) in [6.07, 6.45) is 10.1. The molecule has 0 bridgehead atoms. The molecule has 1 aliphatic heterocycles. The van der Waals surface area contributed by atoms with Gasteiger partial charge in [0.1, 0.15) is 12.4 Å². The van der Waals surface area contributed by atoms with Crippen molar-refractivity contribution in [3.05, 3.63) is 71.9 Å². The van der Waals surface area contributed by atoms with Gasteiger partial charge >= 0.3 is 11.9 Å². The van der Waals surface area contributed by atoms with E-state index in [1.807, 2.05) is 19.1 Å². The van der Waals surface area contributed by atoms with Crippen molar-refractivity contribution in [2.75, 3.05) is 40.1 Å². The number of allylic oxidation sites excluding steroid dienone is 2. The minimum atomic E-state index is -0.727. The Kier molecular flexibility index (Phi) is 13.2. The summed E-state index contributed by atoms with van der Waals surface area (Å²) in [6.45, 7) is 14.8. The first-order chi connectivity index (χ1) is 20.2. The minimum Gasteiger partial charge on any atom is -0.460 e. The Hall–Kier alpha value is -3.04. The molecule has 2 aliphatic rings. The molecule has 3 rings (SSSR count). The van der Waals surface area contributed by atoms with Crippen LogP contribution in [0.4, 0.5) is 0 Å². The SMILES string of the molecule is C=C(C)C(=O)Oc1ccc(C2=CCC(C)(OCCOC(=O)C(=C)COC)C(C3OCC(CCCCCC)CO3)=C2)cc1. The first-order valence-electron chi connectivity index (χ1n) is 14.8. The largest absolute Gasteiger partial charge is 0.460 e. The molecule has 0 N–H and O–H groups in total. The van der Waals surface area contributed by atoms with Gasteiger partial charge in [0.15, 0.2) is 6.29 Å².